The summed E-state index contributed by atoms with van der Waals surface area (Å²) in [6, 6.07) is 6.47. The molecule has 1 aromatic carbocycles. The molecule has 1 aromatic rings. The maximum absolute atomic E-state index is 4.83. The van der Waals surface area contributed by atoms with E-state index in [0.29, 0.717) is 0 Å². The van der Waals surface area contributed by atoms with Gasteiger partial charge in [0.15, 0.2) is 5.71 Å². The van der Waals surface area contributed by atoms with Crippen LogP contribution >= 0.6 is 11.8 Å². The summed E-state index contributed by atoms with van der Waals surface area (Å²) in [5.41, 5.74) is 4.63. The fraction of sp³-hybridized carbons (Fsp3) is 0.368. The monoisotopic (exact) mass is 328 g/mol. The van der Waals surface area contributed by atoms with Crippen LogP contribution in [0.1, 0.15) is 20.3 Å². The molecule has 1 aliphatic carbocycles. The third-order valence-electron chi connectivity index (χ3n) is 3.59. The number of allylic oxidation sites excluding steroid dienone is 4. The third kappa shape index (κ3) is 4.14. The molecule has 122 valence electrons. The summed E-state index contributed by atoms with van der Waals surface area (Å²) in [4.78, 5) is 9.54. The average Bonchev–Trinajstić information content (AvgIpc) is 2.84. The lowest BCUT2D eigenvalue weighted by atomic mass is 10.2. The summed E-state index contributed by atoms with van der Waals surface area (Å²) in [6.07, 6.45) is 7.45. The molecule has 2 aliphatic rings. The number of thioether (sulfide) groups is 1. The zero-order valence-corrected chi connectivity index (χ0v) is 15.7. The summed E-state index contributed by atoms with van der Waals surface area (Å²) in [6.45, 7) is 4.00. The quantitative estimate of drug-likeness (QED) is 0.706. The van der Waals surface area contributed by atoms with Crippen molar-refractivity contribution in [3.8, 4) is 0 Å². The highest BCUT2D eigenvalue weighted by Gasteiger charge is 2.18. The topological polar surface area (TPSA) is 18.6 Å². The van der Waals surface area contributed by atoms with Crippen LogP contribution in [-0.2, 0) is 0 Å². The molecular formula is C19H26N3S+. The van der Waals surface area contributed by atoms with Crippen LogP contribution in [0.3, 0.4) is 0 Å². The Balaban J connectivity index is 0.000000924. The molecule has 0 amide bonds. The molecule has 1 aliphatic heterocycles. The van der Waals surface area contributed by atoms with Crippen molar-refractivity contribution in [1.29, 1.82) is 0 Å². The van der Waals surface area contributed by atoms with E-state index in [-0.39, 0.29) is 0 Å². The largest absolute Gasteiger partial charge is 0.378 e. The number of benzene rings is 1. The third-order valence-corrected chi connectivity index (χ3v) is 4.66. The Kier molecular flexibility index (Phi) is 5.83. The minimum Gasteiger partial charge on any atom is -0.378 e. The van der Waals surface area contributed by atoms with Crippen LogP contribution in [0.15, 0.2) is 51.2 Å². The van der Waals surface area contributed by atoms with Crippen LogP contribution in [0.2, 0.25) is 0 Å². The average molecular weight is 329 g/mol. The molecule has 0 fully saturated rings. The summed E-state index contributed by atoms with van der Waals surface area (Å²) in [5, 5.41) is 0. The van der Waals surface area contributed by atoms with Crippen LogP contribution in [0, 0.1) is 0 Å². The van der Waals surface area contributed by atoms with E-state index in [1.54, 1.807) is 0 Å². The molecule has 23 heavy (non-hydrogen) atoms. The van der Waals surface area contributed by atoms with Gasteiger partial charge in [-0.05, 0) is 24.3 Å². The lowest BCUT2D eigenvalue weighted by molar-refractivity contribution is -0.462. The molecule has 0 saturated heterocycles. The first-order chi connectivity index (χ1) is 11.0. The number of nitrogens with zero attached hydrogens (tertiary/aromatic N) is 3. The van der Waals surface area contributed by atoms with Crippen molar-refractivity contribution in [2.24, 2.45) is 4.99 Å². The van der Waals surface area contributed by atoms with Gasteiger partial charge in [0.2, 0.25) is 0 Å². The second kappa shape index (κ2) is 7.64. The molecule has 2 bridgehead atoms. The van der Waals surface area contributed by atoms with Crippen LogP contribution in [-0.4, -0.2) is 44.2 Å². The Hall–Kier alpha value is -1.81. The van der Waals surface area contributed by atoms with Gasteiger partial charge in [0.05, 0.1) is 5.69 Å². The van der Waals surface area contributed by atoms with E-state index < -0.39 is 0 Å². The van der Waals surface area contributed by atoms with Gasteiger partial charge in [0.1, 0.15) is 14.1 Å². The minimum atomic E-state index is 0.907. The van der Waals surface area contributed by atoms with Crippen molar-refractivity contribution in [2.75, 3.05) is 33.1 Å². The van der Waals surface area contributed by atoms with E-state index in [9.17, 15) is 0 Å². The molecule has 0 radical (unpaired) electrons. The molecular weight excluding hydrogens is 302 g/mol. The molecule has 0 N–H and O–H groups in total. The molecule has 4 heteroatoms. The van der Waals surface area contributed by atoms with E-state index >= 15 is 0 Å². The molecule has 0 unspecified atom stereocenters. The van der Waals surface area contributed by atoms with E-state index in [2.05, 4.69) is 74.1 Å². The van der Waals surface area contributed by atoms with Crippen molar-refractivity contribution in [2.45, 2.75) is 25.2 Å². The zero-order chi connectivity index (χ0) is 17.0. The Morgan fingerprint density at radius 2 is 1.87 bits per heavy atom. The highest BCUT2D eigenvalue weighted by molar-refractivity contribution is 8.03. The summed E-state index contributed by atoms with van der Waals surface area (Å²) < 4.78 is 2.14. The molecule has 0 aromatic heterocycles. The highest BCUT2D eigenvalue weighted by Crippen LogP contribution is 2.41. The van der Waals surface area contributed by atoms with Gasteiger partial charge in [-0.15, -0.1) is 0 Å². The summed E-state index contributed by atoms with van der Waals surface area (Å²) in [5.74, 6) is 0. The van der Waals surface area contributed by atoms with Crippen molar-refractivity contribution in [1.82, 2.24) is 0 Å². The van der Waals surface area contributed by atoms with Gasteiger partial charge in [-0.1, -0.05) is 25.6 Å². The molecule has 0 spiro atoms. The van der Waals surface area contributed by atoms with Crippen molar-refractivity contribution < 1.29 is 4.58 Å². The Bertz CT molecular complexity index is 705. The van der Waals surface area contributed by atoms with Gasteiger partial charge < -0.3 is 4.90 Å². The normalized spacial score (nSPS) is 15.3. The van der Waals surface area contributed by atoms with Crippen molar-refractivity contribution in [3.63, 3.8) is 0 Å². The first-order valence-electron chi connectivity index (χ1n) is 8.02. The number of hydrogen-bond acceptors (Lipinski definition) is 3. The summed E-state index contributed by atoms with van der Waals surface area (Å²) in [7, 11) is 8.28. The first kappa shape index (κ1) is 17.5. The number of fused-ring (bicyclic) bond motifs is 3. The van der Waals surface area contributed by atoms with Crippen LogP contribution in [0.25, 0.3) is 0 Å². The number of hydrogen-bond donors (Lipinski definition) is 0. The van der Waals surface area contributed by atoms with E-state index in [4.69, 9.17) is 4.99 Å². The lowest BCUT2D eigenvalue weighted by Crippen LogP contribution is -2.08. The Morgan fingerprint density at radius 3 is 2.52 bits per heavy atom. The molecule has 1 heterocycles. The van der Waals surface area contributed by atoms with Gasteiger partial charge in [0, 0.05) is 53.9 Å². The van der Waals surface area contributed by atoms with Crippen molar-refractivity contribution in [3.05, 3.63) is 41.3 Å². The van der Waals surface area contributed by atoms with Gasteiger partial charge in [-0.2, -0.15) is 0 Å². The number of aliphatic imine (C=N–C) groups is 1. The number of anilines is 1. The second-order valence-electron chi connectivity index (χ2n) is 5.69. The standard InChI is InChI=1S/C17H20N3S.C2H6/c1-19(2)13-6-5-12-9-15(10-13)21-17-11-14(20(3)4)7-8-16(17)18-12;1-2/h5-8,10-11H,9H2,1-4H3;1-2H3/q+1;. The molecule has 3 nitrogen and oxygen atoms in total. The first-order valence-corrected chi connectivity index (χ1v) is 8.84. The van der Waals surface area contributed by atoms with E-state index in [0.717, 1.165) is 17.8 Å². The zero-order valence-electron chi connectivity index (χ0n) is 14.9. The maximum Gasteiger partial charge on any atom is 0.200 e. The smallest absolute Gasteiger partial charge is 0.200 e. The molecule has 0 saturated carbocycles. The van der Waals surface area contributed by atoms with Gasteiger partial charge in [-0.25, -0.2) is 4.58 Å². The van der Waals surface area contributed by atoms with Gasteiger partial charge >= 0.3 is 0 Å². The second-order valence-corrected chi connectivity index (χ2v) is 6.86. The Morgan fingerprint density at radius 1 is 1.13 bits per heavy atom. The van der Waals surface area contributed by atoms with Crippen molar-refractivity contribution >= 4 is 34.6 Å². The minimum absolute atomic E-state index is 0.907. The molecule has 0 atom stereocenters. The predicted octanol–water partition coefficient (Wildman–Crippen LogP) is 4.51. The fourth-order valence-electron chi connectivity index (χ4n) is 2.35. The van der Waals surface area contributed by atoms with Crippen LogP contribution in [0.5, 0.6) is 0 Å². The molecule has 3 rings (SSSR count). The lowest BCUT2D eigenvalue weighted by Gasteiger charge is -2.14. The summed E-state index contributed by atoms with van der Waals surface area (Å²) >= 11 is 1.83. The van der Waals surface area contributed by atoms with E-state index in [1.807, 2.05) is 25.6 Å². The van der Waals surface area contributed by atoms with E-state index in [1.165, 1.54) is 21.2 Å². The maximum atomic E-state index is 4.83. The fourth-order valence-corrected chi connectivity index (χ4v) is 3.43. The van der Waals surface area contributed by atoms with Crippen LogP contribution in [0.4, 0.5) is 11.4 Å². The van der Waals surface area contributed by atoms with Gasteiger partial charge in [0.25, 0.3) is 0 Å². The highest BCUT2D eigenvalue weighted by atomic mass is 32.2. The van der Waals surface area contributed by atoms with Crippen LogP contribution < -0.4 is 4.90 Å². The predicted molar refractivity (Wildman–Crippen MR) is 104 cm³/mol. The SMILES string of the molecule is CC.CN(C)c1ccc2c(c1)SC1=CC(=[N+](C)C)C=CC(=N2)C1. The number of rotatable bonds is 1. The van der Waals surface area contributed by atoms with Gasteiger partial charge in [-0.3, -0.25) is 4.99 Å². The Labute approximate surface area is 144 Å².